The van der Waals surface area contributed by atoms with Crippen molar-refractivity contribution in [2.24, 2.45) is 5.92 Å². The number of carbonyl (C=O) groups is 2. The van der Waals surface area contributed by atoms with Gasteiger partial charge in [-0.25, -0.2) is 4.79 Å². The van der Waals surface area contributed by atoms with Crippen molar-refractivity contribution in [2.45, 2.75) is 45.1 Å². The van der Waals surface area contributed by atoms with Crippen molar-refractivity contribution < 1.29 is 18.7 Å². The highest BCUT2D eigenvalue weighted by Gasteiger charge is 2.35. The lowest BCUT2D eigenvalue weighted by atomic mass is 10.0. The summed E-state index contributed by atoms with van der Waals surface area (Å²) >= 11 is 0. The summed E-state index contributed by atoms with van der Waals surface area (Å²) in [6.07, 6.45) is 4.24. The molecule has 1 atom stereocenters. The number of furan rings is 1. The Bertz CT molecular complexity index is 516. The van der Waals surface area contributed by atoms with Gasteiger partial charge in [-0.1, -0.05) is 13.8 Å². The molecule has 5 heteroatoms. The molecule has 0 radical (unpaired) electrons. The number of nitrogens with zero attached hydrogens (tertiary/aromatic N) is 1. The highest BCUT2D eigenvalue weighted by atomic mass is 16.5. The second-order valence-corrected chi connectivity index (χ2v) is 6.06. The molecule has 0 bridgehead atoms. The van der Waals surface area contributed by atoms with Gasteiger partial charge in [0, 0.05) is 13.0 Å². The molecule has 1 aromatic heterocycles. The van der Waals surface area contributed by atoms with E-state index in [1.165, 1.54) is 12.0 Å². The second kappa shape index (κ2) is 6.33. The van der Waals surface area contributed by atoms with Crippen LogP contribution in [0.25, 0.3) is 0 Å². The van der Waals surface area contributed by atoms with Crippen LogP contribution in [0.2, 0.25) is 0 Å². The standard InChI is InChI=1S/C16H23NO4/c1-10(2)9-13(16(19)20-4)17(3)15(18)12-7-8-21-14(12)11-5-6-11/h7-8,10-11,13H,5-6,9H2,1-4H3. The van der Waals surface area contributed by atoms with Gasteiger partial charge >= 0.3 is 5.97 Å². The number of likely N-dealkylation sites (N-methyl/N-ethyl adjacent to an activating group) is 1. The predicted molar refractivity (Wildman–Crippen MR) is 78.0 cm³/mol. The first kappa shape index (κ1) is 15.6. The maximum absolute atomic E-state index is 12.7. The highest BCUT2D eigenvalue weighted by Crippen LogP contribution is 2.42. The first-order chi connectivity index (χ1) is 9.95. The molecule has 0 aliphatic heterocycles. The summed E-state index contributed by atoms with van der Waals surface area (Å²) in [6.45, 7) is 4.03. The molecule has 21 heavy (non-hydrogen) atoms. The van der Waals surface area contributed by atoms with Gasteiger partial charge in [-0.2, -0.15) is 0 Å². The summed E-state index contributed by atoms with van der Waals surface area (Å²) in [6, 6.07) is 1.13. The van der Waals surface area contributed by atoms with E-state index in [0.717, 1.165) is 18.6 Å². The molecule has 0 N–H and O–H groups in total. The third-order valence-electron chi connectivity index (χ3n) is 3.83. The molecule has 5 nitrogen and oxygen atoms in total. The molecule has 1 heterocycles. The number of hydrogen-bond acceptors (Lipinski definition) is 4. The SMILES string of the molecule is COC(=O)C(CC(C)C)N(C)C(=O)c1ccoc1C1CC1. The van der Waals surface area contributed by atoms with E-state index in [1.807, 2.05) is 13.8 Å². The van der Waals surface area contributed by atoms with E-state index in [1.54, 1.807) is 19.4 Å². The van der Waals surface area contributed by atoms with E-state index in [-0.39, 0.29) is 17.8 Å². The normalized spacial score (nSPS) is 15.9. The van der Waals surface area contributed by atoms with E-state index < -0.39 is 6.04 Å². The van der Waals surface area contributed by atoms with Gasteiger partial charge in [0.05, 0.1) is 18.9 Å². The number of ether oxygens (including phenoxy) is 1. The van der Waals surface area contributed by atoms with Gasteiger partial charge in [-0.3, -0.25) is 4.79 Å². The largest absolute Gasteiger partial charge is 0.468 e. The summed E-state index contributed by atoms with van der Waals surface area (Å²) in [5.41, 5.74) is 0.567. The van der Waals surface area contributed by atoms with Crippen molar-refractivity contribution in [3.05, 3.63) is 23.7 Å². The van der Waals surface area contributed by atoms with Crippen LogP contribution < -0.4 is 0 Å². The van der Waals surface area contributed by atoms with Gasteiger partial charge in [0.15, 0.2) is 0 Å². The summed E-state index contributed by atoms with van der Waals surface area (Å²) in [7, 11) is 3.00. The van der Waals surface area contributed by atoms with Crippen molar-refractivity contribution in [3.8, 4) is 0 Å². The van der Waals surface area contributed by atoms with Crippen LogP contribution in [0, 0.1) is 5.92 Å². The van der Waals surface area contributed by atoms with Crippen LogP contribution >= 0.6 is 0 Å². The Morgan fingerprint density at radius 2 is 2.10 bits per heavy atom. The topological polar surface area (TPSA) is 59.8 Å². The Morgan fingerprint density at radius 1 is 1.43 bits per heavy atom. The lowest BCUT2D eigenvalue weighted by molar-refractivity contribution is -0.146. The Morgan fingerprint density at radius 3 is 2.62 bits per heavy atom. The van der Waals surface area contributed by atoms with Crippen LogP contribution in [0.15, 0.2) is 16.7 Å². The Hall–Kier alpha value is -1.78. The molecule has 0 saturated heterocycles. The zero-order valence-electron chi connectivity index (χ0n) is 13.1. The molecular weight excluding hydrogens is 270 g/mol. The molecule has 1 aliphatic rings. The van der Waals surface area contributed by atoms with Crippen molar-refractivity contribution in [2.75, 3.05) is 14.2 Å². The fourth-order valence-corrected chi connectivity index (χ4v) is 2.49. The zero-order chi connectivity index (χ0) is 15.6. The Labute approximate surface area is 125 Å². The van der Waals surface area contributed by atoms with Gasteiger partial charge in [-0.15, -0.1) is 0 Å². The molecule has 0 aromatic carbocycles. The molecule has 2 rings (SSSR count). The first-order valence-corrected chi connectivity index (χ1v) is 7.38. The van der Waals surface area contributed by atoms with Crippen LogP contribution in [-0.4, -0.2) is 37.0 Å². The minimum absolute atomic E-state index is 0.179. The summed E-state index contributed by atoms with van der Waals surface area (Å²) in [4.78, 5) is 26.1. The molecular formula is C16H23NO4. The van der Waals surface area contributed by atoms with Gasteiger partial charge in [0.2, 0.25) is 0 Å². The molecule has 1 aliphatic carbocycles. The lowest BCUT2D eigenvalue weighted by Gasteiger charge is -2.27. The number of rotatable bonds is 6. The predicted octanol–water partition coefficient (Wildman–Crippen LogP) is 2.82. The van der Waals surface area contributed by atoms with Crippen LogP contribution in [0.1, 0.15) is 55.1 Å². The molecule has 1 unspecified atom stereocenters. The van der Waals surface area contributed by atoms with Crippen LogP contribution in [0.5, 0.6) is 0 Å². The average molecular weight is 293 g/mol. The Kier molecular flexibility index (Phi) is 4.70. The minimum atomic E-state index is -0.565. The second-order valence-electron chi connectivity index (χ2n) is 6.06. The van der Waals surface area contributed by atoms with Crippen LogP contribution in [-0.2, 0) is 9.53 Å². The van der Waals surface area contributed by atoms with Crippen molar-refractivity contribution in [1.82, 2.24) is 4.90 Å². The van der Waals surface area contributed by atoms with Gasteiger partial charge in [0.25, 0.3) is 5.91 Å². The highest BCUT2D eigenvalue weighted by molar-refractivity contribution is 5.97. The van der Waals surface area contributed by atoms with E-state index in [2.05, 4.69) is 0 Å². The maximum Gasteiger partial charge on any atom is 0.328 e. The number of esters is 1. The molecule has 116 valence electrons. The zero-order valence-corrected chi connectivity index (χ0v) is 13.1. The third kappa shape index (κ3) is 3.46. The number of carbonyl (C=O) groups excluding carboxylic acids is 2. The van der Waals surface area contributed by atoms with Crippen LogP contribution in [0.3, 0.4) is 0 Å². The smallest absolute Gasteiger partial charge is 0.328 e. The first-order valence-electron chi connectivity index (χ1n) is 7.38. The third-order valence-corrected chi connectivity index (χ3v) is 3.83. The maximum atomic E-state index is 12.7. The van der Waals surface area contributed by atoms with Crippen molar-refractivity contribution >= 4 is 11.9 Å². The quantitative estimate of drug-likeness (QED) is 0.757. The van der Waals surface area contributed by atoms with E-state index in [0.29, 0.717) is 17.9 Å². The summed E-state index contributed by atoms with van der Waals surface area (Å²) in [5, 5.41) is 0. The van der Waals surface area contributed by atoms with E-state index in [9.17, 15) is 9.59 Å². The van der Waals surface area contributed by atoms with E-state index >= 15 is 0 Å². The lowest BCUT2D eigenvalue weighted by Crippen LogP contribution is -2.44. The van der Waals surface area contributed by atoms with Gasteiger partial charge in [-0.05, 0) is 31.2 Å². The fraction of sp³-hybridized carbons (Fsp3) is 0.625. The Balaban J connectivity index is 2.18. The van der Waals surface area contributed by atoms with Crippen molar-refractivity contribution in [3.63, 3.8) is 0 Å². The van der Waals surface area contributed by atoms with Gasteiger partial charge in [0.1, 0.15) is 11.8 Å². The molecule has 1 aromatic rings. The average Bonchev–Trinajstić information content (AvgIpc) is 3.19. The number of methoxy groups -OCH3 is 1. The minimum Gasteiger partial charge on any atom is -0.468 e. The summed E-state index contributed by atoms with van der Waals surface area (Å²) < 4.78 is 10.3. The van der Waals surface area contributed by atoms with E-state index in [4.69, 9.17) is 9.15 Å². The molecule has 1 fully saturated rings. The number of hydrogen-bond donors (Lipinski definition) is 0. The number of amides is 1. The van der Waals surface area contributed by atoms with Crippen LogP contribution in [0.4, 0.5) is 0 Å². The van der Waals surface area contributed by atoms with Crippen molar-refractivity contribution in [1.29, 1.82) is 0 Å². The molecule has 1 saturated carbocycles. The molecule has 1 amide bonds. The molecule has 0 spiro atoms. The fourth-order valence-electron chi connectivity index (χ4n) is 2.49. The monoisotopic (exact) mass is 293 g/mol. The van der Waals surface area contributed by atoms with Gasteiger partial charge < -0.3 is 14.1 Å². The summed E-state index contributed by atoms with van der Waals surface area (Å²) in [5.74, 6) is 0.836.